The maximum absolute atomic E-state index is 13.9. The average molecular weight is 281 g/mol. The molecule has 0 bridgehead atoms. The first-order valence-electron chi connectivity index (χ1n) is 6.38. The first-order chi connectivity index (χ1) is 9.40. The molecule has 0 spiro atoms. The van der Waals surface area contributed by atoms with Crippen molar-refractivity contribution in [1.29, 1.82) is 0 Å². The van der Waals surface area contributed by atoms with E-state index in [4.69, 9.17) is 0 Å². The number of nitrogens with zero attached hydrogens (tertiary/aromatic N) is 2. The van der Waals surface area contributed by atoms with Crippen molar-refractivity contribution in [3.8, 4) is 0 Å². The van der Waals surface area contributed by atoms with Gasteiger partial charge in [0.2, 0.25) is 0 Å². The molecule has 1 aliphatic heterocycles. The van der Waals surface area contributed by atoms with E-state index >= 15 is 0 Å². The van der Waals surface area contributed by atoms with Crippen LogP contribution in [0.3, 0.4) is 0 Å². The predicted molar refractivity (Wildman–Crippen MR) is 71.0 cm³/mol. The number of nitrogens with one attached hydrogen (secondary N) is 1. The largest absolute Gasteiger partial charge is 0.333 e. The highest BCUT2D eigenvalue weighted by Gasteiger charge is 2.29. The van der Waals surface area contributed by atoms with E-state index in [2.05, 4.69) is 5.32 Å². The van der Waals surface area contributed by atoms with Crippen LogP contribution in [0.4, 0.5) is 10.1 Å². The lowest BCUT2D eigenvalue weighted by Crippen LogP contribution is -2.56. The number of nitro benzene ring substituents is 1. The number of hydrogen-bond acceptors (Lipinski definition) is 4. The second-order valence-electron chi connectivity index (χ2n) is 5.04. The van der Waals surface area contributed by atoms with Gasteiger partial charge in [0.1, 0.15) is 5.82 Å². The Morgan fingerprint density at radius 1 is 1.50 bits per heavy atom. The third kappa shape index (κ3) is 2.77. The monoisotopic (exact) mass is 281 g/mol. The Morgan fingerprint density at radius 3 is 2.80 bits per heavy atom. The van der Waals surface area contributed by atoms with Crippen LogP contribution >= 0.6 is 0 Å². The summed E-state index contributed by atoms with van der Waals surface area (Å²) in [5, 5.41) is 13.8. The molecule has 1 N–H and O–H groups in total. The number of halogens is 1. The fourth-order valence-corrected chi connectivity index (χ4v) is 2.25. The minimum atomic E-state index is -0.859. The van der Waals surface area contributed by atoms with Gasteiger partial charge in [-0.1, -0.05) is 0 Å². The molecule has 20 heavy (non-hydrogen) atoms. The van der Waals surface area contributed by atoms with E-state index in [1.807, 2.05) is 13.8 Å². The number of piperazine rings is 1. The van der Waals surface area contributed by atoms with E-state index in [9.17, 15) is 19.3 Å². The standard InChI is InChI=1S/C13H16FN3O3/c1-8-7-16(9(2)6-15-8)13(18)11-4-3-10(17(19)20)5-12(11)14/h3-5,8-9,15H,6-7H2,1-2H3. The number of carbonyl (C=O) groups is 1. The lowest BCUT2D eigenvalue weighted by molar-refractivity contribution is -0.385. The zero-order chi connectivity index (χ0) is 14.9. The summed E-state index contributed by atoms with van der Waals surface area (Å²) in [6, 6.07) is 3.19. The quantitative estimate of drug-likeness (QED) is 0.659. The van der Waals surface area contributed by atoms with Crippen LogP contribution in [-0.4, -0.2) is 40.9 Å². The molecule has 2 rings (SSSR count). The van der Waals surface area contributed by atoms with Crippen molar-refractivity contribution in [2.24, 2.45) is 0 Å². The molecule has 108 valence electrons. The van der Waals surface area contributed by atoms with Gasteiger partial charge in [-0.3, -0.25) is 14.9 Å². The van der Waals surface area contributed by atoms with Crippen LogP contribution in [0.15, 0.2) is 18.2 Å². The number of hydrogen-bond donors (Lipinski definition) is 1. The van der Waals surface area contributed by atoms with Crippen molar-refractivity contribution in [2.75, 3.05) is 13.1 Å². The van der Waals surface area contributed by atoms with E-state index in [1.165, 1.54) is 6.07 Å². The smallest absolute Gasteiger partial charge is 0.272 e. The average Bonchev–Trinajstić information content (AvgIpc) is 2.40. The normalized spacial score (nSPS) is 22.6. The van der Waals surface area contributed by atoms with E-state index in [0.29, 0.717) is 13.1 Å². The molecule has 1 aromatic rings. The van der Waals surface area contributed by atoms with Crippen molar-refractivity contribution in [1.82, 2.24) is 10.2 Å². The number of carbonyl (C=O) groups excluding carboxylic acids is 1. The Bertz CT molecular complexity index is 550. The molecule has 7 heteroatoms. The minimum absolute atomic E-state index is 0.0479. The maximum Gasteiger partial charge on any atom is 0.272 e. The van der Waals surface area contributed by atoms with E-state index in [1.54, 1.807) is 4.90 Å². The fraction of sp³-hybridized carbons (Fsp3) is 0.462. The lowest BCUT2D eigenvalue weighted by Gasteiger charge is -2.37. The molecular formula is C13H16FN3O3. The topological polar surface area (TPSA) is 75.5 Å². The Balaban J connectivity index is 2.26. The summed E-state index contributed by atoms with van der Waals surface area (Å²) in [7, 11) is 0. The van der Waals surface area contributed by atoms with Crippen molar-refractivity contribution >= 4 is 11.6 Å². The summed E-state index contributed by atoms with van der Waals surface area (Å²) in [5.41, 5.74) is -0.489. The molecule has 1 fully saturated rings. The van der Waals surface area contributed by atoms with Gasteiger partial charge in [-0.2, -0.15) is 0 Å². The van der Waals surface area contributed by atoms with Crippen LogP contribution in [0.5, 0.6) is 0 Å². The molecular weight excluding hydrogens is 265 g/mol. The third-order valence-corrected chi connectivity index (χ3v) is 3.42. The zero-order valence-corrected chi connectivity index (χ0v) is 11.3. The Hall–Kier alpha value is -2.02. The maximum atomic E-state index is 13.9. The summed E-state index contributed by atoms with van der Waals surface area (Å²) in [5.74, 6) is -1.29. The fourth-order valence-electron chi connectivity index (χ4n) is 2.25. The summed E-state index contributed by atoms with van der Waals surface area (Å²) in [6.45, 7) is 4.94. The van der Waals surface area contributed by atoms with Crippen molar-refractivity contribution in [2.45, 2.75) is 25.9 Å². The zero-order valence-electron chi connectivity index (χ0n) is 11.3. The highest BCUT2D eigenvalue weighted by molar-refractivity contribution is 5.95. The van der Waals surface area contributed by atoms with E-state index in [0.717, 1.165) is 12.1 Å². The SMILES string of the molecule is CC1CN(C(=O)c2ccc([N+](=O)[O-])cc2F)C(C)CN1. The van der Waals surface area contributed by atoms with Gasteiger partial charge in [0, 0.05) is 31.2 Å². The summed E-state index contributed by atoms with van der Waals surface area (Å²) in [4.78, 5) is 23.8. The van der Waals surface area contributed by atoms with Crippen LogP contribution in [0.25, 0.3) is 0 Å². The molecule has 2 unspecified atom stereocenters. The van der Waals surface area contributed by atoms with Gasteiger partial charge in [-0.05, 0) is 19.9 Å². The third-order valence-electron chi connectivity index (χ3n) is 3.42. The van der Waals surface area contributed by atoms with Crippen molar-refractivity contribution in [3.63, 3.8) is 0 Å². The van der Waals surface area contributed by atoms with Crippen LogP contribution in [0.1, 0.15) is 24.2 Å². The summed E-state index contributed by atoms with van der Waals surface area (Å²) in [6.07, 6.45) is 0. The molecule has 1 heterocycles. The van der Waals surface area contributed by atoms with E-state index in [-0.39, 0.29) is 23.3 Å². The second kappa shape index (κ2) is 5.54. The molecule has 6 nitrogen and oxygen atoms in total. The predicted octanol–water partition coefficient (Wildman–Crippen LogP) is 1.56. The van der Waals surface area contributed by atoms with Gasteiger partial charge < -0.3 is 10.2 Å². The van der Waals surface area contributed by atoms with Gasteiger partial charge in [0.15, 0.2) is 0 Å². The molecule has 2 atom stereocenters. The molecule has 0 aromatic heterocycles. The Morgan fingerprint density at radius 2 is 2.20 bits per heavy atom. The number of benzene rings is 1. The number of non-ortho nitro benzene ring substituents is 1. The van der Waals surface area contributed by atoms with Gasteiger partial charge >= 0.3 is 0 Å². The first kappa shape index (κ1) is 14.4. The van der Waals surface area contributed by atoms with Gasteiger partial charge in [-0.15, -0.1) is 0 Å². The number of rotatable bonds is 2. The van der Waals surface area contributed by atoms with Gasteiger partial charge in [-0.25, -0.2) is 4.39 Å². The first-order valence-corrected chi connectivity index (χ1v) is 6.38. The molecule has 1 saturated heterocycles. The molecule has 0 radical (unpaired) electrons. The molecule has 0 saturated carbocycles. The highest BCUT2D eigenvalue weighted by Crippen LogP contribution is 2.20. The van der Waals surface area contributed by atoms with Crippen LogP contribution in [0.2, 0.25) is 0 Å². The second-order valence-corrected chi connectivity index (χ2v) is 5.04. The van der Waals surface area contributed by atoms with Crippen molar-refractivity contribution < 1.29 is 14.1 Å². The highest BCUT2D eigenvalue weighted by atomic mass is 19.1. The minimum Gasteiger partial charge on any atom is -0.333 e. The Labute approximate surface area is 115 Å². The number of nitro groups is 1. The lowest BCUT2D eigenvalue weighted by atomic mass is 10.1. The molecule has 1 aliphatic rings. The number of amides is 1. The van der Waals surface area contributed by atoms with E-state index < -0.39 is 16.6 Å². The van der Waals surface area contributed by atoms with Crippen molar-refractivity contribution in [3.05, 3.63) is 39.7 Å². The van der Waals surface area contributed by atoms with Gasteiger partial charge in [0.25, 0.3) is 11.6 Å². The Kier molecular flexibility index (Phi) is 3.99. The molecule has 1 aromatic carbocycles. The summed E-state index contributed by atoms with van der Waals surface area (Å²) < 4.78 is 13.9. The molecule has 0 aliphatic carbocycles. The van der Waals surface area contributed by atoms with Gasteiger partial charge in [0.05, 0.1) is 16.6 Å². The summed E-state index contributed by atoms with van der Waals surface area (Å²) >= 11 is 0. The molecule has 1 amide bonds. The van der Waals surface area contributed by atoms with Crippen LogP contribution < -0.4 is 5.32 Å². The van der Waals surface area contributed by atoms with Crippen LogP contribution in [-0.2, 0) is 0 Å². The van der Waals surface area contributed by atoms with Crippen LogP contribution in [0, 0.1) is 15.9 Å².